The fourth-order valence-corrected chi connectivity index (χ4v) is 2.63. The van der Waals surface area contributed by atoms with Crippen LogP contribution in [0.4, 0.5) is 0 Å². The standard InChI is InChI=1S/C12H16ClNO3S/c1-12(2,6-11(16)17)5-10(15)14-7-8-3-4-9(13)18-8/h3-4H,5-7H2,1-2H3,(H,14,15)(H,16,17). The Kier molecular flexibility index (Phi) is 5.16. The minimum absolute atomic E-state index is 0.0226. The molecular formula is C12H16ClNO3S. The van der Waals surface area contributed by atoms with Gasteiger partial charge in [0.15, 0.2) is 0 Å². The smallest absolute Gasteiger partial charge is 0.303 e. The third-order valence-electron chi connectivity index (χ3n) is 2.36. The van der Waals surface area contributed by atoms with Crippen LogP contribution in [0.25, 0.3) is 0 Å². The maximum atomic E-state index is 11.7. The molecule has 1 heterocycles. The molecule has 0 radical (unpaired) electrons. The van der Waals surface area contributed by atoms with Crippen molar-refractivity contribution in [3.63, 3.8) is 0 Å². The summed E-state index contributed by atoms with van der Waals surface area (Å²) in [6.45, 7) is 3.96. The summed E-state index contributed by atoms with van der Waals surface area (Å²) in [6.07, 6.45) is 0.170. The number of amides is 1. The van der Waals surface area contributed by atoms with Gasteiger partial charge in [0.1, 0.15) is 0 Å². The maximum absolute atomic E-state index is 11.7. The first-order valence-corrected chi connectivity index (χ1v) is 6.71. The summed E-state index contributed by atoms with van der Waals surface area (Å²) in [5.74, 6) is -1.04. The summed E-state index contributed by atoms with van der Waals surface area (Å²) in [7, 11) is 0. The summed E-state index contributed by atoms with van der Waals surface area (Å²) in [4.78, 5) is 23.3. The quantitative estimate of drug-likeness (QED) is 0.846. The van der Waals surface area contributed by atoms with E-state index in [1.54, 1.807) is 19.9 Å². The van der Waals surface area contributed by atoms with Gasteiger partial charge in [0, 0.05) is 11.3 Å². The van der Waals surface area contributed by atoms with Crippen molar-refractivity contribution in [3.05, 3.63) is 21.3 Å². The van der Waals surface area contributed by atoms with E-state index in [9.17, 15) is 9.59 Å². The highest BCUT2D eigenvalue weighted by Gasteiger charge is 2.25. The second-order valence-electron chi connectivity index (χ2n) is 4.89. The topological polar surface area (TPSA) is 66.4 Å². The van der Waals surface area contributed by atoms with E-state index in [0.717, 1.165) is 4.88 Å². The zero-order valence-corrected chi connectivity index (χ0v) is 11.9. The van der Waals surface area contributed by atoms with Crippen LogP contribution < -0.4 is 5.32 Å². The molecule has 0 unspecified atom stereocenters. The molecule has 0 aliphatic rings. The zero-order valence-electron chi connectivity index (χ0n) is 10.3. The monoisotopic (exact) mass is 289 g/mol. The molecule has 0 aliphatic carbocycles. The minimum atomic E-state index is -0.891. The van der Waals surface area contributed by atoms with Crippen molar-refractivity contribution in [3.8, 4) is 0 Å². The average Bonchev–Trinajstić information content (AvgIpc) is 2.58. The van der Waals surface area contributed by atoms with Crippen molar-refractivity contribution < 1.29 is 14.7 Å². The number of aliphatic carboxylic acids is 1. The second kappa shape index (κ2) is 6.20. The van der Waals surface area contributed by atoms with Gasteiger partial charge in [-0.2, -0.15) is 0 Å². The Hall–Kier alpha value is -1.07. The summed E-state index contributed by atoms with van der Waals surface area (Å²) >= 11 is 7.19. The number of thiophene rings is 1. The van der Waals surface area contributed by atoms with Crippen LogP contribution >= 0.6 is 22.9 Å². The largest absolute Gasteiger partial charge is 0.481 e. The van der Waals surface area contributed by atoms with E-state index in [-0.39, 0.29) is 18.7 Å². The van der Waals surface area contributed by atoms with Gasteiger partial charge >= 0.3 is 5.97 Å². The van der Waals surface area contributed by atoms with E-state index in [2.05, 4.69) is 5.32 Å². The average molecular weight is 290 g/mol. The molecule has 2 N–H and O–H groups in total. The Bertz CT molecular complexity index is 442. The molecule has 18 heavy (non-hydrogen) atoms. The Morgan fingerprint density at radius 1 is 1.39 bits per heavy atom. The second-order valence-corrected chi connectivity index (χ2v) is 6.69. The van der Waals surface area contributed by atoms with Crippen molar-refractivity contribution in [2.75, 3.05) is 0 Å². The molecule has 0 saturated carbocycles. The molecule has 1 aromatic rings. The Morgan fingerprint density at radius 3 is 2.56 bits per heavy atom. The van der Waals surface area contributed by atoms with Crippen LogP contribution in [0.1, 0.15) is 31.6 Å². The molecule has 0 atom stereocenters. The number of carbonyl (C=O) groups is 2. The van der Waals surface area contributed by atoms with Gasteiger partial charge < -0.3 is 10.4 Å². The summed E-state index contributed by atoms with van der Waals surface area (Å²) < 4.78 is 0.686. The molecule has 1 rings (SSSR count). The molecule has 0 aromatic carbocycles. The van der Waals surface area contributed by atoms with E-state index >= 15 is 0 Å². The fourth-order valence-electron chi connectivity index (χ4n) is 1.60. The van der Waals surface area contributed by atoms with Gasteiger partial charge in [0.2, 0.25) is 5.91 Å². The Labute approximate surface area is 115 Å². The summed E-state index contributed by atoms with van der Waals surface area (Å²) in [6, 6.07) is 3.64. The highest BCUT2D eigenvalue weighted by atomic mass is 35.5. The van der Waals surface area contributed by atoms with Gasteiger partial charge in [-0.15, -0.1) is 11.3 Å². The predicted molar refractivity (Wildman–Crippen MR) is 71.8 cm³/mol. The highest BCUT2D eigenvalue weighted by Crippen LogP contribution is 2.25. The lowest BCUT2D eigenvalue weighted by Crippen LogP contribution is -2.29. The van der Waals surface area contributed by atoms with Crippen molar-refractivity contribution >= 4 is 34.8 Å². The van der Waals surface area contributed by atoms with Crippen molar-refractivity contribution in [1.29, 1.82) is 0 Å². The van der Waals surface area contributed by atoms with E-state index in [0.29, 0.717) is 10.9 Å². The lowest BCUT2D eigenvalue weighted by atomic mass is 9.85. The van der Waals surface area contributed by atoms with E-state index in [4.69, 9.17) is 16.7 Å². The van der Waals surface area contributed by atoms with Crippen LogP contribution in [0.15, 0.2) is 12.1 Å². The van der Waals surface area contributed by atoms with Crippen LogP contribution in [0, 0.1) is 5.41 Å². The number of carboxylic acids is 1. The SMILES string of the molecule is CC(C)(CC(=O)O)CC(=O)NCc1ccc(Cl)s1. The van der Waals surface area contributed by atoms with Crippen LogP contribution in [0.3, 0.4) is 0 Å². The van der Waals surface area contributed by atoms with E-state index in [1.807, 2.05) is 6.07 Å². The summed E-state index contributed by atoms with van der Waals surface area (Å²) in [5.41, 5.74) is -0.539. The van der Waals surface area contributed by atoms with Gasteiger partial charge in [0.25, 0.3) is 0 Å². The molecule has 6 heteroatoms. The lowest BCUT2D eigenvalue weighted by Gasteiger charge is -2.21. The first-order chi connectivity index (χ1) is 8.28. The van der Waals surface area contributed by atoms with Gasteiger partial charge in [0.05, 0.1) is 17.3 Å². The maximum Gasteiger partial charge on any atom is 0.303 e. The number of rotatable bonds is 6. The van der Waals surface area contributed by atoms with Crippen LogP contribution in [-0.4, -0.2) is 17.0 Å². The third-order valence-corrected chi connectivity index (χ3v) is 3.59. The molecule has 0 fully saturated rings. The lowest BCUT2D eigenvalue weighted by molar-refractivity contribution is -0.139. The molecular weight excluding hydrogens is 274 g/mol. The normalized spacial score (nSPS) is 11.3. The van der Waals surface area contributed by atoms with Gasteiger partial charge in [-0.05, 0) is 17.5 Å². The number of carboxylic acid groups (broad SMARTS) is 1. The Morgan fingerprint density at radius 2 is 2.06 bits per heavy atom. The van der Waals surface area contributed by atoms with Crippen molar-refractivity contribution in [1.82, 2.24) is 5.32 Å². The van der Waals surface area contributed by atoms with E-state index in [1.165, 1.54) is 11.3 Å². The van der Waals surface area contributed by atoms with Crippen LogP contribution in [0.5, 0.6) is 0 Å². The van der Waals surface area contributed by atoms with Crippen molar-refractivity contribution in [2.45, 2.75) is 33.2 Å². The predicted octanol–water partition coefficient (Wildman–Crippen LogP) is 2.91. The summed E-state index contributed by atoms with van der Waals surface area (Å²) in [5, 5.41) is 11.5. The zero-order chi connectivity index (χ0) is 13.8. The molecule has 1 aromatic heterocycles. The first-order valence-electron chi connectivity index (χ1n) is 5.51. The first kappa shape index (κ1) is 15.0. The fraction of sp³-hybridized carbons (Fsp3) is 0.500. The molecule has 0 bridgehead atoms. The molecule has 100 valence electrons. The Balaban J connectivity index is 2.39. The molecule has 4 nitrogen and oxygen atoms in total. The van der Waals surface area contributed by atoms with Gasteiger partial charge in [-0.1, -0.05) is 25.4 Å². The van der Waals surface area contributed by atoms with Gasteiger partial charge in [-0.3, -0.25) is 9.59 Å². The highest BCUT2D eigenvalue weighted by molar-refractivity contribution is 7.16. The third kappa shape index (κ3) is 5.51. The number of hydrogen-bond donors (Lipinski definition) is 2. The molecule has 0 aliphatic heterocycles. The number of halogens is 1. The number of nitrogens with one attached hydrogen (secondary N) is 1. The van der Waals surface area contributed by atoms with E-state index < -0.39 is 11.4 Å². The molecule has 0 saturated heterocycles. The van der Waals surface area contributed by atoms with Crippen LogP contribution in [0.2, 0.25) is 4.34 Å². The van der Waals surface area contributed by atoms with Crippen molar-refractivity contribution in [2.24, 2.45) is 5.41 Å². The van der Waals surface area contributed by atoms with Crippen LogP contribution in [-0.2, 0) is 16.1 Å². The molecule has 0 spiro atoms. The molecule has 1 amide bonds. The number of carbonyl (C=O) groups excluding carboxylic acids is 1. The van der Waals surface area contributed by atoms with Gasteiger partial charge in [-0.25, -0.2) is 0 Å². The number of hydrogen-bond acceptors (Lipinski definition) is 3. The minimum Gasteiger partial charge on any atom is -0.481 e.